The lowest BCUT2D eigenvalue weighted by atomic mass is 9.97. The minimum Gasteiger partial charge on any atom is -0.772 e. The normalized spacial score (nSPS) is 17.1. The van der Waals surface area contributed by atoms with E-state index >= 15 is 0 Å². The zero-order valence-electron chi connectivity index (χ0n) is 17.5. The van der Waals surface area contributed by atoms with Crippen LogP contribution in [0.15, 0.2) is 34.5 Å². The fraction of sp³-hybridized carbons (Fsp3) is 0.524. The molecule has 1 fully saturated rings. The summed E-state index contributed by atoms with van der Waals surface area (Å²) in [7, 11) is 0. The Hall–Kier alpha value is -1.26. The van der Waals surface area contributed by atoms with Gasteiger partial charge in [-0.1, -0.05) is 23.2 Å². The van der Waals surface area contributed by atoms with E-state index in [9.17, 15) is 13.6 Å². The molecule has 6 nitrogen and oxygen atoms in total. The first-order valence-electron chi connectivity index (χ1n) is 9.90. The van der Waals surface area contributed by atoms with Crippen LogP contribution in [0.1, 0.15) is 55.8 Å². The van der Waals surface area contributed by atoms with Crippen molar-refractivity contribution >= 4 is 40.1 Å². The van der Waals surface area contributed by atoms with Crippen LogP contribution >= 0.6 is 23.1 Å². The second-order valence-electron chi connectivity index (χ2n) is 8.39. The van der Waals surface area contributed by atoms with Crippen LogP contribution in [0.2, 0.25) is 0 Å². The maximum absolute atomic E-state index is 12.0. The first-order chi connectivity index (χ1) is 14.2. The van der Waals surface area contributed by atoms with Gasteiger partial charge in [-0.15, -0.1) is 28.2 Å². The summed E-state index contributed by atoms with van der Waals surface area (Å²) in [5.41, 5.74) is 1.36. The van der Waals surface area contributed by atoms with Crippen molar-refractivity contribution in [3.8, 4) is 0 Å². The fourth-order valence-corrected chi connectivity index (χ4v) is 5.35. The first-order valence-corrected chi connectivity index (χ1v) is 13.0. The molecule has 30 heavy (non-hydrogen) atoms. The molecule has 0 saturated carbocycles. The van der Waals surface area contributed by atoms with E-state index in [1.807, 2.05) is 45.0 Å². The Morgan fingerprint density at radius 2 is 1.97 bits per heavy atom. The number of hydrogen-bond acceptors (Lipinski definition) is 8. The smallest absolute Gasteiger partial charge is 0.330 e. The molecule has 0 N–H and O–H groups in total. The molecule has 0 amide bonds. The summed E-state index contributed by atoms with van der Waals surface area (Å²) in [6.07, 6.45) is 1.86. The van der Waals surface area contributed by atoms with Crippen molar-refractivity contribution in [1.29, 1.82) is 0 Å². The highest BCUT2D eigenvalue weighted by Gasteiger charge is 2.29. The monoisotopic (exact) mass is 467 g/mol. The van der Waals surface area contributed by atoms with Crippen molar-refractivity contribution in [3.05, 3.63) is 45.9 Å². The standard InChI is InChI=1S/C21H28N2O4S3/c1-21(2,3)20(24)27-23-10-8-16(9-11-23)19-22-17(13-29-19)12-28-18-6-4-15(5-7-18)14-30(25)26/h4-7,13,16H,8-12,14H2,1-3H3,(H,25,26)/p-1. The lowest BCUT2D eigenvalue weighted by Gasteiger charge is -2.31. The minimum absolute atomic E-state index is 0.0502. The average molecular weight is 468 g/mol. The molecular formula is C21H27N2O4S3-. The predicted molar refractivity (Wildman–Crippen MR) is 120 cm³/mol. The topological polar surface area (TPSA) is 82.6 Å². The maximum Gasteiger partial charge on any atom is 0.330 e. The van der Waals surface area contributed by atoms with Crippen LogP contribution in [-0.4, -0.2) is 37.9 Å². The molecule has 9 heteroatoms. The summed E-state index contributed by atoms with van der Waals surface area (Å²) in [4.78, 5) is 23.5. The van der Waals surface area contributed by atoms with Crippen LogP contribution in [-0.2, 0) is 32.2 Å². The van der Waals surface area contributed by atoms with Gasteiger partial charge in [0.2, 0.25) is 0 Å². The molecule has 0 spiro atoms. The highest BCUT2D eigenvalue weighted by Crippen LogP contribution is 2.32. The van der Waals surface area contributed by atoms with Gasteiger partial charge in [0.05, 0.1) is 16.1 Å². The molecule has 1 atom stereocenters. The number of hydrogen-bond donors (Lipinski definition) is 0. The molecule has 1 aromatic carbocycles. The second-order valence-corrected chi connectivity index (χ2v) is 11.2. The fourth-order valence-electron chi connectivity index (χ4n) is 3.00. The molecule has 2 heterocycles. The van der Waals surface area contributed by atoms with Crippen molar-refractivity contribution in [2.24, 2.45) is 5.41 Å². The number of carbonyl (C=O) groups excluding carboxylic acids is 1. The van der Waals surface area contributed by atoms with Crippen LogP contribution in [0, 0.1) is 5.41 Å². The molecule has 1 saturated heterocycles. The van der Waals surface area contributed by atoms with Gasteiger partial charge in [0.1, 0.15) is 0 Å². The van der Waals surface area contributed by atoms with Crippen molar-refractivity contribution in [2.45, 2.75) is 55.9 Å². The van der Waals surface area contributed by atoms with E-state index in [0.29, 0.717) is 5.92 Å². The van der Waals surface area contributed by atoms with E-state index in [1.165, 1.54) is 0 Å². The molecule has 2 aromatic rings. The molecule has 1 aliphatic rings. The summed E-state index contributed by atoms with van der Waals surface area (Å²) in [5.74, 6) is 1.05. The zero-order valence-corrected chi connectivity index (χ0v) is 19.9. The SMILES string of the molecule is CC(C)(C)C(=O)ON1CCC(c2nc(CSc3ccc(CS(=O)[O-])cc3)cs2)CC1. The molecule has 1 aliphatic heterocycles. The van der Waals surface area contributed by atoms with Gasteiger partial charge in [0.25, 0.3) is 0 Å². The Morgan fingerprint density at radius 1 is 1.30 bits per heavy atom. The number of thiazole rings is 1. The van der Waals surface area contributed by atoms with Gasteiger partial charge in [0.15, 0.2) is 0 Å². The van der Waals surface area contributed by atoms with Crippen molar-refractivity contribution in [3.63, 3.8) is 0 Å². The average Bonchev–Trinajstić information content (AvgIpc) is 3.16. The summed E-state index contributed by atoms with van der Waals surface area (Å²) in [6.45, 7) is 7.05. The lowest BCUT2D eigenvalue weighted by Crippen LogP contribution is -2.38. The van der Waals surface area contributed by atoms with Crippen molar-refractivity contribution in [1.82, 2.24) is 10.0 Å². The Bertz CT molecular complexity index is 869. The number of thioether (sulfide) groups is 1. The molecule has 0 radical (unpaired) electrons. The molecule has 1 aromatic heterocycles. The number of nitrogens with zero attached hydrogens (tertiary/aromatic N) is 2. The van der Waals surface area contributed by atoms with Crippen molar-refractivity contribution in [2.75, 3.05) is 13.1 Å². The van der Waals surface area contributed by atoms with Crippen molar-refractivity contribution < 1.29 is 18.4 Å². The number of carbonyl (C=O) groups is 1. The molecule has 0 bridgehead atoms. The third-order valence-electron chi connectivity index (χ3n) is 4.79. The Labute approximate surface area is 188 Å². The van der Waals surface area contributed by atoms with Gasteiger partial charge in [-0.05, 0) is 51.3 Å². The molecule has 0 aliphatic carbocycles. The maximum atomic E-state index is 12.0. The number of benzene rings is 1. The largest absolute Gasteiger partial charge is 0.772 e. The highest BCUT2D eigenvalue weighted by molar-refractivity contribution is 7.98. The molecule has 3 rings (SSSR count). The summed E-state index contributed by atoms with van der Waals surface area (Å²) in [6, 6.07) is 7.61. The van der Waals surface area contributed by atoms with Gasteiger partial charge in [-0.25, -0.2) is 9.78 Å². The van der Waals surface area contributed by atoms with Gasteiger partial charge in [-0.2, -0.15) is 0 Å². The van der Waals surface area contributed by atoms with E-state index < -0.39 is 16.5 Å². The predicted octanol–water partition coefficient (Wildman–Crippen LogP) is 4.50. The first kappa shape index (κ1) is 23.4. The van der Waals surface area contributed by atoms with E-state index in [4.69, 9.17) is 9.82 Å². The number of rotatable bonds is 7. The summed E-state index contributed by atoms with van der Waals surface area (Å²) < 4.78 is 21.5. The molecule has 164 valence electrons. The molecular weight excluding hydrogens is 440 g/mol. The van der Waals surface area contributed by atoms with Crippen LogP contribution in [0.25, 0.3) is 0 Å². The van der Waals surface area contributed by atoms with E-state index in [-0.39, 0.29) is 11.7 Å². The molecule has 1 unspecified atom stereocenters. The summed E-state index contributed by atoms with van der Waals surface area (Å²) >= 11 is 1.34. The summed E-state index contributed by atoms with van der Waals surface area (Å²) in [5, 5.41) is 5.05. The quantitative estimate of drug-likeness (QED) is 0.438. The third kappa shape index (κ3) is 6.88. The van der Waals surface area contributed by atoms with E-state index in [2.05, 4.69) is 5.38 Å². The number of aromatic nitrogens is 1. The number of hydroxylamine groups is 2. The van der Waals surface area contributed by atoms with Gasteiger partial charge in [0, 0.05) is 40.8 Å². The minimum atomic E-state index is -2.06. The van der Waals surface area contributed by atoms with Crippen LogP contribution in [0.5, 0.6) is 0 Å². The number of piperidine rings is 1. The van der Waals surface area contributed by atoms with Crippen LogP contribution in [0.3, 0.4) is 0 Å². The van der Waals surface area contributed by atoms with E-state index in [1.54, 1.807) is 28.2 Å². The van der Waals surface area contributed by atoms with Crippen LogP contribution < -0.4 is 0 Å². The second kappa shape index (κ2) is 10.4. The third-order valence-corrected chi connectivity index (χ3v) is 7.46. The Balaban J connectivity index is 1.46. The highest BCUT2D eigenvalue weighted by atomic mass is 32.2. The van der Waals surface area contributed by atoms with E-state index in [0.717, 1.165) is 52.8 Å². The Kier molecular flexibility index (Phi) is 8.09. The zero-order chi connectivity index (χ0) is 21.7. The lowest BCUT2D eigenvalue weighted by molar-refractivity contribution is -0.204. The van der Waals surface area contributed by atoms with Gasteiger partial charge >= 0.3 is 5.97 Å². The van der Waals surface area contributed by atoms with Crippen LogP contribution in [0.4, 0.5) is 0 Å². The van der Waals surface area contributed by atoms with Gasteiger partial charge in [-0.3, -0.25) is 4.21 Å². The van der Waals surface area contributed by atoms with Gasteiger partial charge < -0.3 is 9.39 Å². The Morgan fingerprint density at radius 3 is 2.57 bits per heavy atom.